The van der Waals surface area contributed by atoms with Gasteiger partial charge in [0.05, 0.1) is 16.7 Å². The molecule has 0 amide bonds. The van der Waals surface area contributed by atoms with Gasteiger partial charge < -0.3 is 0 Å². The van der Waals surface area contributed by atoms with Crippen molar-refractivity contribution in [3.05, 3.63) is 205 Å². The van der Waals surface area contributed by atoms with Crippen LogP contribution in [0.2, 0.25) is 0 Å². The molecule has 7 aromatic rings. The molecule has 262 valence electrons. The molecule has 1 aliphatic carbocycles. The van der Waals surface area contributed by atoms with Crippen LogP contribution in [0.15, 0.2) is 187 Å². The summed E-state index contributed by atoms with van der Waals surface area (Å²) in [6.45, 7) is 17.2. The van der Waals surface area contributed by atoms with Gasteiger partial charge in [0.15, 0.2) is 0 Å². The Kier molecular flexibility index (Phi) is 9.01. The van der Waals surface area contributed by atoms with Gasteiger partial charge in [0.1, 0.15) is 0 Å². The maximum Gasteiger partial charge on any atom is 0.235 e. The molecule has 0 unspecified atom stereocenters. The molecule has 0 radical (unpaired) electrons. The largest absolute Gasteiger partial charge is 0.278 e. The van der Waals surface area contributed by atoms with E-state index in [0.29, 0.717) is 11.7 Å². The Morgan fingerprint density at radius 2 is 1.33 bits per heavy atom. The van der Waals surface area contributed by atoms with E-state index in [0.717, 1.165) is 55.5 Å². The number of aromatic nitrogens is 1. The van der Waals surface area contributed by atoms with Crippen molar-refractivity contribution < 1.29 is 0 Å². The molecule has 0 fully saturated rings. The number of para-hydroxylation sites is 1. The molecule has 1 aromatic heterocycles. The predicted molar refractivity (Wildman–Crippen MR) is 232 cm³/mol. The molecule has 6 aromatic carbocycles. The van der Waals surface area contributed by atoms with E-state index in [4.69, 9.17) is 9.98 Å². The first kappa shape index (κ1) is 34.5. The summed E-state index contributed by atoms with van der Waals surface area (Å²) in [6, 6.07) is 49.5. The molecule has 3 nitrogen and oxygen atoms in total. The molecule has 54 heavy (non-hydrogen) atoms. The monoisotopic (exact) mass is 697 g/mol. The van der Waals surface area contributed by atoms with Gasteiger partial charge in [0.2, 0.25) is 5.96 Å². The summed E-state index contributed by atoms with van der Waals surface area (Å²) in [5.74, 6) is 0.560. The summed E-state index contributed by atoms with van der Waals surface area (Å²) < 4.78 is 2.23. The molecule has 0 saturated heterocycles. The predicted octanol–water partition coefficient (Wildman–Crippen LogP) is 13.3. The van der Waals surface area contributed by atoms with E-state index in [-0.39, 0.29) is 5.41 Å². The van der Waals surface area contributed by atoms with Crippen LogP contribution in [-0.4, -0.2) is 16.2 Å². The molecule has 0 spiro atoms. The maximum absolute atomic E-state index is 5.41. The molecule has 8 rings (SSSR count). The van der Waals surface area contributed by atoms with Crippen LogP contribution in [0.4, 0.5) is 0 Å². The minimum absolute atomic E-state index is 0.162. The Morgan fingerprint density at radius 1 is 0.630 bits per heavy atom. The van der Waals surface area contributed by atoms with E-state index in [2.05, 4.69) is 191 Å². The number of benzene rings is 6. The highest BCUT2D eigenvalue weighted by atomic mass is 15.2. The van der Waals surface area contributed by atoms with Gasteiger partial charge in [0.25, 0.3) is 0 Å². The fourth-order valence-electron chi connectivity index (χ4n) is 7.87. The number of rotatable bonds is 7. The van der Waals surface area contributed by atoms with Crippen molar-refractivity contribution in [2.45, 2.75) is 33.1 Å². The van der Waals surface area contributed by atoms with Crippen molar-refractivity contribution in [3.63, 3.8) is 0 Å². The van der Waals surface area contributed by atoms with Crippen LogP contribution in [0.1, 0.15) is 55.5 Å². The van der Waals surface area contributed by atoms with E-state index in [1.165, 1.54) is 27.6 Å². The van der Waals surface area contributed by atoms with Gasteiger partial charge in [0, 0.05) is 27.5 Å². The van der Waals surface area contributed by atoms with Crippen molar-refractivity contribution >= 4 is 44.7 Å². The number of aliphatic imine (C=N–C) groups is 2. The third-order valence-corrected chi connectivity index (χ3v) is 10.7. The van der Waals surface area contributed by atoms with Crippen LogP contribution in [0.3, 0.4) is 0 Å². The molecule has 0 atom stereocenters. The highest BCUT2D eigenvalue weighted by Gasteiger charge is 2.36. The average molecular weight is 698 g/mol. The van der Waals surface area contributed by atoms with E-state index < -0.39 is 0 Å². The normalized spacial score (nSPS) is 14.1. The van der Waals surface area contributed by atoms with Gasteiger partial charge in [-0.25, -0.2) is 9.98 Å². The highest BCUT2D eigenvalue weighted by molar-refractivity contribution is 6.18. The first-order chi connectivity index (χ1) is 26.3. The lowest BCUT2D eigenvalue weighted by molar-refractivity contribution is 0.661. The second kappa shape index (κ2) is 14.1. The van der Waals surface area contributed by atoms with Crippen LogP contribution in [0, 0.1) is 0 Å². The van der Waals surface area contributed by atoms with Gasteiger partial charge in [-0.15, -0.1) is 0 Å². The number of fused-ring (bicyclic) bond motifs is 6. The zero-order valence-corrected chi connectivity index (χ0v) is 31.3. The topological polar surface area (TPSA) is 29.6 Å². The second-order valence-electron chi connectivity index (χ2n) is 14.4. The van der Waals surface area contributed by atoms with Crippen molar-refractivity contribution in [1.29, 1.82) is 0 Å². The molecule has 0 N–H and O–H groups in total. The summed E-state index contributed by atoms with van der Waals surface area (Å²) in [7, 11) is 0. The van der Waals surface area contributed by atoms with Crippen LogP contribution in [-0.2, 0) is 5.41 Å². The SMILES string of the molecule is C=C/C=C\C(=C/C)c1cccc(C(C)=NC(=NC(=C)c2cccc(-c3ccccc3)c2)n2c3ccccc3c3cc4c(cc32)C(C)(C)c2ccccc2-4)c1. The van der Waals surface area contributed by atoms with Gasteiger partial charge in [-0.1, -0.05) is 161 Å². The summed E-state index contributed by atoms with van der Waals surface area (Å²) in [6.07, 6.45) is 7.95. The molecule has 0 bridgehead atoms. The summed E-state index contributed by atoms with van der Waals surface area (Å²) in [5.41, 5.74) is 15.1. The zero-order chi connectivity index (χ0) is 37.4. The lowest BCUT2D eigenvalue weighted by atomic mass is 9.82. The smallest absolute Gasteiger partial charge is 0.235 e. The van der Waals surface area contributed by atoms with E-state index in [9.17, 15) is 0 Å². The minimum atomic E-state index is -0.162. The minimum Gasteiger partial charge on any atom is -0.278 e. The summed E-state index contributed by atoms with van der Waals surface area (Å²) in [5, 5.41) is 2.33. The quantitative estimate of drug-likeness (QED) is 0.0902. The Balaban J connectivity index is 1.35. The van der Waals surface area contributed by atoms with Crippen LogP contribution in [0.25, 0.3) is 55.3 Å². The van der Waals surface area contributed by atoms with E-state index in [1.54, 1.807) is 6.08 Å². The first-order valence-electron chi connectivity index (χ1n) is 18.5. The lowest BCUT2D eigenvalue weighted by Crippen LogP contribution is -2.16. The van der Waals surface area contributed by atoms with Gasteiger partial charge in [-0.05, 0) is 94.3 Å². The van der Waals surface area contributed by atoms with Crippen LogP contribution in [0.5, 0.6) is 0 Å². The van der Waals surface area contributed by atoms with E-state index >= 15 is 0 Å². The van der Waals surface area contributed by atoms with Crippen molar-refractivity contribution in [1.82, 2.24) is 4.57 Å². The van der Waals surface area contributed by atoms with Crippen LogP contribution >= 0.6 is 0 Å². The fraction of sp³-hybridized carbons (Fsp3) is 0.0980. The van der Waals surface area contributed by atoms with Crippen molar-refractivity contribution in [3.8, 4) is 22.3 Å². The fourth-order valence-corrected chi connectivity index (χ4v) is 7.87. The summed E-state index contributed by atoms with van der Waals surface area (Å²) >= 11 is 0. The summed E-state index contributed by atoms with van der Waals surface area (Å²) in [4.78, 5) is 10.7. The molecule has 3 heteroatoms. The number of nitrogens with zero attached hydrogens (tertiary/aromatic N) is 3. The number of allylic oxidation sites excluding steroid dienone is 5. The van der Waals surface area contributed by atoms with Crippen LogP contribution < -0.4 is 0 Å². The molecular weight excluding hydrogens is 655 g/mol. The van der Waals surface area contributed by atoms with E-state index in [1.807, 2.05) is 12.1 Å². The zero-order valence-electron chi connectivity index (χ0n) is 31.3. The lowest BCUT2D eigenvalue weighted by Gasteiger charge is -2.21. The van der Waals surface area contributed by atoms with Gasteiger partial charge >= 0.3 is 0 Å². The first-order valence-corrected chi connectivity index (χ1v) is 18.5. The third-order valence-electron chi connectivity index (χ3n) is 10.7. The Morgan fingerprint density at radius 3 is 2.15 bits per heavy atom. The number of hydrogen-bond acceptors (Lipinski definition) is 1. The Labute approximate surface area is 318 Å². The molecule has 1 aliphatic rings. The molecule has 0 aliphatic heterocycles. The van der Waals surface area contributed by atoms with Crippen molar-refractivity contribution in [2.75, 3.05) is 0 Å². The number of hydrogen-bond donors (Lipinski definition) is 0. The highest BCUT2D eigenvalue weighted by Crippen LogP contribution is 2.50. The molecule has 0 saturated carbocycles. The maximum atomic E-state index is 5.41. The molecular formula is C51H43N3. The van der Waals surface area contributed by atoms with Crippen molar-refractivity contribution in [2.24, 2.45) is 9.98 Å². The second-order valence-corrected chi connectivity index (χ2v) is 14.4. The van der Waals surface area contributed by atoms with Gasteiger partial charge in [-0.2, -0.15) is 0 Å². The Hall–Kier alpha value is -6.58. The standard InChI is InChI=1S/C51H43N3/c1-7-9-19-36(8-2)40-24-17-22-38(30-40)34(3)52-50(53-35(4)39-23-18-25-41(31-39)37-20-11-10-12-21-37)54-48-29-16-14-27-43(48)45-32-44-42-26-13-15-28-46(42)51(5,6)47(44)33-49(45)54/h7-33H,1,4H2,2-3,5-6H3/b19-9-,36-8+,52-34?,53-50?. The third kappa shape index (κ3) is 6.08. The molecule has 1 heterocycles. The van der Waals surface area contributed by atoms with Gasteiger partial charge in [-0.3, -0.25) is 4.57 Å². The Bertz CT molecular complexity index is 2730. The average Bonchev–Trinajstić information content (AvgIpc) is 3.65.